The average molecular weight is 394 g/mol. The highest BCUT2D eigenvalue weighted by molar-refractivity contribution is 6.06. The van der Waals surface area contributed by atoms with Crippen molar-refractivity contribution >= 4 is 17.5 Å². The van der Waals surface area contributed by atoms with Gasteiger partial charge in [-0.25, -0.2) is 4.68 Å². The quantitative estimate of drug-likeness (QED) is 0.695. The zero-order valence-corrected chi connectivity index (χ0v) is 16.7. The van der Waals surface area contributed by atoms with Crippen LogP contribution in [0.15, 0.2) is 54.7 Å². The lowest BCUT2D eigenvalue weighted by Gasteiger charge is -2.14. The van der Waals surface area contributed by atoms with Crippen LogP contribution in [-0.4, -0.2) is 54.8 Å². The first-order chi connectivity index (χ1) is 13.9. The molecule has 0 aliphatic rings. The van der Waals surface area contributed by atoms with Crippen molar-refractivity contribution in [2.24, 2.45) is 0 Å². The molecule has 0 saturated heterocycles. The second kappa shape index (κ2) is 8.47. The Morgan fingerprint density at radius 1 is 1.00 bits per heavy atom. The molecule has 2 aromatic carbocycles. The molecule has 0 spiro atoms. The van der Waals surface area contributed by atoms with Gasteiger partial charge in [0.25, 0.3) is 11.8 Å². The third kappa shape index (κ3) is 4.21. The summed E-state index contributed by atoms with van der Waals surface area (Å²) in [7, 11) is 6.28. The molecule has 1 heterocycles. The van der Waals surface area contributed by atoms with Gasteiger partial charge in [0.2, 0.25) is 0 Å². The molecule has 150 valence electrons. The van der Waals surface area contributed by atoms with Gasteiger partial charge in [-0.05, 0) is 30.3 Å². The number of nitrogens with zero attached hydrogens (tertiary/aromatic N) is 3. The van der Waals surface area contributed by atoms with Crippen molar-refractivity contribution in [3.05, 3.63) is 66.0 Å². The van der Waals surface area contributed by atoms with E-state index in [0.29, 0.717) is 22.7 Å². The van der Waals surface area contributed by atoms with E-state index in [9.17, 15) is 9.59 Å². The first-order valence-corrected chi connectivity index (χ1v) is 8.84. The van der Waals surface area contributed by atoms with Gasteiger partial charge in [-0.3, -0.25) is 9.59 Å². The highest BCUT2D eigenvalue weighted by atomic mass is 16.5. The number of rotatable bonds is 6. The summed E-state index contributed by atoms with van der Waals surface area (Å²) in [5, 5.41) is 7.11. The summed E-state index contributed by atoms with van der Waals surface area (Å²) in [5.41, 5.74) is 1.69. The van der Waals surface area contributed by atoms with E-state index in [2.05, 4.69) is 10.4 Å². The highest BCUT2D eigenvalue weighted by Crippen LogP contribution is 2.28. The number of anilines is 1. The molecule has 3 rings (SSSR count). The third-order valence-corrected chi connectivity index (χ3v) is 4.24. The number of methoxy groups -OCH3 is 2. The van der Waals surface area contributed by atoms with Crippen LogP contribution < -0.4 is 14.8 Å². The Morgan fingerprint density at radius 2 is 1.69 bits per heavy atom. The van der Waals surface area contributed by atoms with Gasteiger partial charge in [0.15, 0.2) is 11.4 Å². The lowest BCUT2D eigenvalue weighted by atomic mass is 10.1. The number of carbonyl (C=O) groups excluding carboxylic acids is 2. The third-order valence-electron chi connectivity index (χ3n) is 4.24. The van der Waals surface area contributed by atoms with Crippen molar-refractivity contribution in [2.75, 3.05) is 33.6 Å². The van der Waals surface area contributed by atoms with Crippen molar-refractivity contribution in [3.8, 4) is 17.2 Å². The Labute approximate surface area is 168 Å². The van der Waals surface area contributed by atoms with Crippen LogP contribution in [-0.2, 0) is 0 Å². The number of hydrogen-bond acceptors (Lipinski definition) is 5. The largest absolute Gasteiger partial charge is 0.495 e. The normalized spacial score (nSPS) is 10.3. The van der Waals surface area contributed by atoms with E-state index in [1.165, 1.54) is 19.1 Å². The second-order valence-corrected chi connectivity index (χ2v) is 6.39. The summed E-state index contributed by atoms with van der Waals surface area (Å²) >= 11 is 0. The number of nitrogens with one attached hydrogen (secondary N) is 1. The van der Waals surface area contributed by atoms with Gasteiger partial charge in [-0.2, -0.15) is 5.10 Å². The van der Waals surface area contributed by atoms with E-state index in [4.69, 9.17) is 9.47 Å². The molecule has 0 atom stereocenters. The van der Waals surface area contributed by atoms with E-state index in [-0.39, 0.29) is 11.6 Å². The molecule has 0 radical (unpaired) electrons. The van der Waals surface area contributed by atoms with Crippen molar-refractivity contribution in [1.82, 2.24) is 14.7 Å². The fourth-order valence-electron chi connectivity index (χ4n) is 2.76. The maximum Gasteiger partial charge on any atom is 0.280 e. The van der Waals surface area contributed by atoms with Crippen LogP contribution in [0.1, 0.15) is 20.8 Å². The van der Waals surface area contributed by atoms with Crippen molar-refractivity contribution < 1.29 is 19.1 Å². The predicted octanol–water partition coefficient (Wildman–Crippen LogP) is 2.84. The molecule has 8 nitrogen and oxygen atoms in total. The number of ether oxygens (including phenoxy) is 2. The zero-order valence-electron chi connectivity index (χ0n) is 16.7. The number of hydrogen-bond donors (Lipinski definition) is 1. The lowest BCUT2D eigenvalue weighted by Crippen LogP contribution is -2.22. The first kappa shape index (κ1) is 19.9. The van der Waals surface area contributed by atoms with Gasteiger partial charge in [0.05, 0.1) is 31.8 Å². The van der Waals surface area contributed by atoms with Crippen LogP contribution in [0.3, 0.4) is 0 Å². The number of carbonyl (C=O) groups is 2. The molecular weight excluding hydrogens is 372 g/mol. The minimum atomic E-state index is -0.482. The van der Waals surface area contributed by atoms with Crippen LogP contribution in [0.2, 0.25) is 0 Å². The molecule has 2 amide bonds. The van der Waals surface area contributed by atoms with E-state index in [1.807, 2.05) is 30.3 Å². The molecule has 0 saturated carbocycles. The Morgan fingerprint density at radius 3 is 2.31 bits per heavy atom. The zero-order chi connectivity index (χ0) is 21.0. The smallest absolute Gasteiger partial charge is 0.280 e. The molecule has 0 bridgehead atoms. The Balaban J connectivity index is 1.93. The number of benzene rings is 2. The fraction of sp³-hybridized carbons (Fsp3) is 0.190. The van der Waals surface area contributed by atoms with Crippen LogP contribution in [0.5, 0.6) is 11.5 Å². The molecule has 1 N–H and O–H groups in total. The Kier molecular flexibility index (Phi) is 5.82. The molecule has 8 heteroatoms. The molecule has 3 aromatic rings. The van der Waals surface area contributed by atoms with Gasteiger partial charge in [-0.15, -0.1) is 0 Å². The topological polar surface area (TPSA) is 85.7 Å². The van der Waals surface area contributed by atoms with Crippen molar-refractivity contribution in [3.63, 3.8) is 0 Å². The lowest BCUT2D eigenvalue weighted by molar-refractivity contribution is 0.0827. The standard InChI is InChI=1S/C21H22N4O4/c1-24(2)21(27)14-10-11-17(28-3)16(12-14)22-20(26)19-18(29-4)13-25(23-19)15-8-6-5-7-9-15/h5-13H,1-4H3,(H,22,26). The summed E-state index contributed by atoms with van der Waals surface area (Å²) in [6.07, 6.45) is 1.63. The molecule has 0 aliphatic carbocycles. The SMILES string of the molecule is COc1ccc(C(=O)N(C)C)cc1NC(=O)c1nn(-c2ccccc2)cc1OC. The van der Waals surface area contributed by atoms with Crippen molar-refractivity contribution in [1.29, 1.82) is 0 Å². The molecule has 0 fully saturated rings. The Bertz CT molecular complexity index is 1030. The summed E-state index contributed by atoms with van der Waals surface area (Å²) in [4.78, 5) is 26.6. The minimum absolute atomic E-state index is 0.114. The van der Waals surface area contributed by atoms with E-state index >= 15 is 0 Å². The van der Waals surface area contributed by atoms with Crippen molar-refractivity contribution in [2.45, 2.75) is 0 Å². The van der Waals surface area contributed by atoms with Gasteiger partial charge in [0, 0.05) is 19.7 Å². The molecule has 0 aliphatic heterocycles. The van der Waals surface area contributed by atoms with Gasteiger partial charge < -0.3 is 19.7 Å². The van der Waals surface area contributed by atoms with Crippen LogP contribution in [0, 0.1) is 0 Å². The number of para-hydroxylation sites is 1. The van der Waals surface area contributed by atoms with Gasteiger partial charge in [-0.1, -0.05) is 18.2 Å². The van der Waals surface area contributed by atoms with Crippen LogP contribution in [0.4, 0.5) is 5.69 Å². The maximum absolute atomic E-state index is 12.9. The molecular formula is C21H22N4O4. The van der Waals surface area contributed by atoms with Crippen LogP contribution in [0.25, 0.3) is 5.69 Å². The number of aromatic nitrogens is 2. The molecule has 0 unspecified atom stereocenters. The summed E-state index contributed by atoms with van der Waals surface area (Å²) in [6, 6.07) is 14.2. The van der Waals surface area contributed by atoms with Gasteiger partial charge in [0.1, 0.15) is 5.75 Å². The predicted molar refractivity (Wildman–Crippen MR) is 109 cm³/mol. The minimum Gasteiger partial charge on any atom is -0.495 e. The Hall–Kier alpha value is -3.81. The second-order valence-electron chi connectivity index (χ2n) is 6.39. The van der Waals surface area contributed by atoms with E-state index in [1.54, 1.807) is 43.2 Å². The monoisotopic (exact) mass is 394 g/mol. The van der Waals surface area contributed by atoms with Gasteiger partial charge >= 0.3 is 0 Å². The average Bonchev–Trinajstić information content (AvgIpc) is 3.18. The number of amides is 2. The van der Waals surface area contributed by atoms with Crippen LogP contribution >= 0.6 is 0 Å². The first-order valence-electron chi connectivity index (χ1n) is 8.84. The van der Waals surface area contributed by atoms with E-state index in [0.717, 1.165) is 5.69 Å². The summed E-state index contributed by atoms with van der Waals surface area (Å²) < 4.78 is 12.2. The summed E-state index contributed by atoms with van der Waals surface area (Å²) in [6.45, 7) is 0. The maximum atomic E-state index is 12.9. The fourth-order valence-corrected chi connectivity index (χ4v) is 2.76. The van der Waals surface area contributed by atoms with E-state index < -0.39 is 5.91 Å². The highest BCUT2D eigenvalue weighted by Gasteiger charge is 2.21. The summed E-state index contributed by atoms with van der Waals surface area (Å²) in [5.74, 6) is 0.0827. The molecule has 29 heavy (non-hydrogen) atoms. The molecule has 1 aromatic heterocycles.